The molecular formula is C15H14N2OS2. The molecule has 5 heteroatoms. The first-order valence-electron chi connectivity index (χ1n) is 6.68. The fourth-order valence-electron chi connectivity index (χ4n) is 2.72. The number of aliphatic imine (C=N–C) groups is 1. The van der Waals surface area contributed by atoms with E-state index in [9.17, 15) is 5.11 Å². The Kier molecular flexibility index (Phi) is 3.06. The molecule has 0 spiro atoms. The van der Waals surface area contributed by atoms with E-state index >= 15 is 0 Å². The van der Waals surface area contributed by atoms with Crippen molar-refractivity contribution >= 4 is 44.0 Å². The van der Waals surface area contributed by atoms with E-state index in [-0.39, 0.29) is 6.61 Å². The molecule has 1 N–H and O–H groups in total. The fraction of sp³-hybridized carbons (Fsp3) is 0.267. The number of amidine groups is 1. The normalized spacial score (nSPS) is 18.1. The third-order valence-corrected chi connectivity index (χ3v) is 5.67. The maximum Gasteiger partial charge on any atom is 0.168 e. The van der Waals surface area contributed by atoms with E-state index in [2.05, 4.69) is 39.5 Å². The molecule has 1 aromatic carbocycles. The van der Waals surface area contributed by atoms with E-state index < -0.39 is 0 Å². The molecular weight excluding hydrogens is 288 g/mol. The Morgan fingerprint density at radius 3 is 3.15 bits per heavy atom. The van der Waals surface area contributed by atoms with Gasteiger partial charge in [0.15, 0.2) is 5.17 Å². The van der Waals surface area contributed by atoms with Crippen molar-refractivity contribution in [2.45, 2.75) is 6.42 Å². The van der Waals surface area contributed by atoms with Gasteiger partial charge in [-0.3, -0.25) is 4.99 Å². The summed E-state index contributed by atoms with van der Waals surface area (Å²) in [4.78, 5) is 8.08. The van der Waals surface area contributed by atoms with Crippen molar-refractivity contribution in [1.82, 2.24) is 4.90 Å². The molecule has 0 saturated carbocycles. The summed E-state index contributed by atoms with van der Waals surface area (Å²) in [7, 11) is 0. The maximum atomic E-state index is 9.29. The van der Waals surface area contributed by atoms with E-state index in [4.69, 9.17) is 0 Å². The molecule has 2 aliphatic rings. The molecule has 2 aromatic rings. The van der Waals surface area contributed by atoms with Crippen molar-refractivity contribution in [3.8, 4) is 0 Å². The van der Waals surface area contributed by atoms with Crippen LogP contribution in [0.4, 0.5) is 0 Å². The van der Waals surface area contributed by atoms with E-state index in [1.807, 2.05) is 0 Å². The van der Waals surface area contributed by atoms with Gasteiger partial charge in [0.1, 0.15) is 0 Å². The highest BCUT2D eigenvalue weighted by Crippen LogP contribution is 2.43. The van der Waals surface area contributed by atoms with Gasteiger partial charge in [0.05, 0.1) is 12.2 Å². The summed E-state index contributed by atoms with van der Waals surface area (Å²) in [6, 6.07) is 8.78. The molecule has 0 radical (unpaired) electrons. The van der Waals surface area contributed by atoms with Crippen LogP contribution in [0.3, 0.4) is 0 Å². The van der Waals surface area contributed by atoms with Crippen LogP contribution in [0.2, 0.25) is 0 Å². The monoisotopic (exact) mass is 302 g/mol. The molecule has 4 rings (SSSR count). The topological polar surface area (TPSA) is 35.8 Å². The number of benzene rings is 1. The van der Waals surface area contributed by atoms with Gasteiger partial charge in [-0.15, -0.1) is 11.3 Å². The minimum absolute atomic E-state index is 0.189. The molecule has 0 amide bonds. The number of nitrogens with zero attached hydrogens (tertiary/aromatic N) is 2. The summed E-state index contributed by atoms with van der Waals surface area (Å²) < 4.78 is 1.31. The zero-order valence-corrected chi connectivity index (χ0v) is 12.5. The van der Waals surface area contributed by atoms with Gasteiger partial charge in [-0.1, -0.05) is 23.9 Å². The van der Waals surface area contributed by atoms with Crippen LogP contribution in [-0.4, -0.2) is 34.9 Å². The van der Waals surface area contributed by atoms with Crippen LogP contribution in [0.1, 0.15) is 12.0 Å². The van der Waals surface area contributed by atoms with Crippen LogP contribution in [0.5, 0.6) is 0 Å². The number of thiophene rings is 1. The zero-order chi connectivity index (χ0) is 13.5. The minimum Gasteiger partial charge on any atom is -0.396 e. The lowest BCUT2D eigenvalue weighted by Gasteiger charge is -2.17. The first-order chi connectivity index (χ1) is 9.86. The highest BCUT2D eigenvalue weighted by molar-refractivity contribution is 8.17. The van der Waals surface area contributed by atoms with Gasteiger partial charge in [-0.05, 0) is 22.9 Å². The van der Waals surface area contributed by atoms with E-state index in [0.29, 0.717) is 6.42 Å². The molecule has 0 unspecified atom stereocenters. The molecule has 0 fully saturated rings. The number of hydrogen-bond donors (Lipinski definition) is 1. The summed E-state index contributed by atoms with van der Waals surface area (Å²) in [5.74, 6) is 0. The predicted molar refractivity (Wildman–Crippen MR) is 87.0 cm³/mol. The van der Waals surface area contributed by atoms with E-state index in [1.165, 1.54) is 26.3 Å². The Hall–Kier alpha value is -1.30. The molecule has 0 aliphatic carbocycles. The lowest BCUT2D eigenvalue weighted by molar-refractivity contribution is 0.301. The maximum absolute atomic E-state index is 9.29. The SMILES string of the molecule is OCCC1=C(c2ccc3ccsc3c2)N2CCN=C2S1. The average molecular weight is 302 g/mol. The molecule has 0 saturated heterocycles. The van der Waals surface area contributed by atoms with Crippen molar-refractivity contribution in [3.05, 3.63) is 40.1 Å². The first kappa shape index (κ1) is 12.4. The van der Waals surface area contributed by atoms with Crippen LogP contribution in [0.25, 0.3) is 15.8 Å². The standard InChI is InChI=1S/C15H14N2OS2/c18-7-3-12-14(17-6-5-16-15(17)20-12)11-2-1-10-4-8-19-13(10)9-11/h1-2,4,8-9,18H,3,5-7H2. The summed E-state index contributed by atoms with van der Waals surface area (Å²) in [5.41, 5.74) is 2.48. The Balaban J connectivity index is 1.83. The number of thioether (sulfide) groups is 1. The molecule has 0 atom stereocenters. The molecule has 2 aliphatic heterocycles. The second kappa shape index (κ2) is 4.91. The smallest absolute Gasteiger partial charge is 0.168 e. The molecule has 3 heterocycles. The van der Waals surface area contributed by atoms with Crippen molar-refractivity contribution in [3.63, 3.8) is 0 Å². The number of aliphatic hydroxyl groups excluding tert-OH is 1. The minimum atomic E-state index is 0.189. The van der Waals surface area contributed by atoms with E-state index in [1.54, 1.807) is 23.1 Å². The van der Waals surface area contributed by atoms with Crippen LogP contribution in [-0.2, 0) is 0 Å². The van der Waals surface area contributed by atoms with Gasteiger partial charge in [0.2, 0.25) is 0 Å². The number of aliphatic hydroxyl groups is 1. The Morgan fingerprint density at radius 2 is 2.25 bits per heavy atom. The number of rotatable bonds is 3. The summed E-state index contributed by atoms with van der Waals surface area (Å²) in [5, 5.41) is 13.8. The Morgan fingerprint density at radius 1 is 1.30 bits per heavy atom. The van der Waals surface area contributed by atoms with Crippen LogP contribution >= 0.6 is 23.1 Å². The van der Waals surface area contributed by atoms with Crippen molar-refractivity contribution < 1.29 is 5.11 Å². The number of fused-ring (bicyclic) bond motifs is 2. The third kappa shape index (κ3) is 1.89. The van der Waals surface area contributed by atoms with E-state index in [0.717, 1.165) is 18.3 Å². The quantitative estimate of drug-likeness (QED) is 0.944. The molecule has 1 aromatic heterocycles. The van der Waals surface area contributed by atoms with Gasteiger partial charge >= 0.3 is 0 Å². The highest BCUT2D eigenvalue weighted by Gasteiger charge is 2.32. The van der Waals surface area contributed by atoms with Gasteiger partial charge in [0.25, 0.3) is 0 Å². The molecule has 0 bridgehead atoms. The molecule has 102 valence electrons. The predicted octanol–water partition coefficient (Wildman–Crippen LogP) is 3.37. The molecule has 3 nitrogen and oxygen atoms in total. The van der Waals surface area contributed by atoms with Crippen molar-refractivity contribution in [1.29, 1.82) is 0 Å². The Bertz CT molecular complexity index is 732. The summed E-state index contributed by atoms with van der Waals surface area (Å²) in [6.45, 7) is 2.02. The highest BCUT2D eigenvalue weighted by atomic mass is 32.2. The summed E-state index contributed by atoms with van der Waals surface area (Å²) in [6.07, 6.45) is 0.706. The second-order valence-electron chi connectivity index (χ2n) is 4.84. The van der Waals surface area contributed by atoms with Gasteiger partial charge in [-0.25, -0.2) is 0 Å². The largest absolute Gasteiger partial charge is 0.396 e. The van der Waals surface area contributed by atoms with Crippen LogP contribution in [0.15, 0.2) is 39.5 Å². The lowest BCUT2D eigenvalue weighted by atomic mass is 10.1. The fourth-order valence-corrected chi connectivity index (χ4v) is 4.74. The Labute approximate surface area is 125 Å². The van der Waals surface area contributed by atoms with Gasteiger partial charge in [-0.2, -0.15) is 0 Å². The summed E-state index contributed by atoms with van der Waals surface area (Å²) >= 11 is 3.49. The van der Waals surface area contributed by atoms with Crippen molar-refractivity contribution in [2.75, 3.05) is 19.7 Å². The van der Waals surface area contributed by atoms with Crippen LogP contribution < -0.4 is 0 Å². The number of hydrogen-bond acceptors (Lipinski definition) is 5. The van der Waals surface area contributed by atoms with Crippen LogP contribution in [0, 0.1) is 0 Å². The average Bonchev–Trinajstić information content (AvgIpc) is 3.12. The second-order valence-corrected chi connectivity index (χ2v) is 6.85. The lowest BCUT2D eigenvalue weighted by Crippen LogP contribution is -2.20. The molecule has 20 heavy (non-hydrogen) atoms. The van der Waals surface area contributed by atoms with Crippen molar-refractivity contribution in [2.24, 2.45) is 4.99 Å². The third-order valence-electron chi connectivity index (χ3n) is 3.62. The van der Waals surface area contributed by atoms with Gasteiger partial charge in [0, 0.05) is 34.7 Å². The first-order valence-corrected chi connectivity index (χ1v) is 8.38. The zero-order valence-electron chi connectivity index (χ0n) is 10.9. The van der Waals surface area contributed by atoms with Gasteiger partial charge < -0.3 is 10.0 Å².